The Labute approximate surface area is 110 Å². The van der Waals surface area contributed by atoms with E-state index >= 15 is 0 Å². The summed E-state index contributed by atoms with van der Waals surface area (Å²) in [4.78, 5) is 0. The minimum atomic E-state index is -0.287. The maximum atomic E-state index is 12.9. The van der Waals surface area contributed by atoms with Crippen LogP contribution in [0.15, 0.2) is 24.3 Å². The van der Waals surface area contributed by atoms with Gasteiger partial charge in [0.15, 0.2) is 5.82 Å². The molecular weight excluding hydrogens is 249 g/mol. The molecule has 0 saturated carbocycles. The summed E-state index contributed by atoms with van der Waals surface area (Å²) < 4.78 is 19.5. The van der Waals surface area contributed by atoms with Crippen LogP contribution in [0, 0.1) is 5.82 Å². The van der Waals surface area contributed by atoms with E-state index in [1.165, 1.54) is 12.1 Å². The third-order valence-electron chi connectivity index (χ3n) is 2.71. The van der Waals surface area contributed by atoms with Crippen molar-refractivity contribution in [2.75, 3.05) is 20.3 Å². The third kappa shape index (κ3) is 3.33. The lowest BCUT2D eigenvalue weighted by atomic mass is 10.2. The molecule has 0 spiro atoms. The molecule has 1 unspecified atom stereocenters. The van der Waals surface area contributed by atoms with Gasteiger partial charge in [0, 0.05) is 13.7 Å². The van der Waals surface area contributed by atoms with Crippen molar-refractivity contribution in [1.29, 1.82) is 0 Å². The van der Waals surface area contributed by atoms with Gasteiger partial charge < -0.3 is 10.1 Å². The maximum absolute atomic E-state index is 12.9. The number of hydrogen-bond donors (Lipinski definition) is 1. The van der Waals surface area contributed by atoms with E-state index in [9.17, 15) is 4.39 Å². The Hall–Kier alpha value is -1.86. The number of halogens is 1. The zero-order valence-electron chi connectivity index (χ0n) is 10.9. The van der Waals surface area contributed by atoms with Crippen LogP contribution in [-0.2, 0) is 4.74 Å². The van der Waals surface area contributed by atoms with Gasteiger partial charge >= 0.3 is 0 Å². The van der Waals surface area contributed by atoms with Crippen molar-refractivity contribution in [3.63, 3.8) is 0 Å². The molecule has 2 aromatic rings. The van der Waals surface area contributed by atoms with Crippen LogP contribution in [0.25, 0.3) is 5.69 Å². The summed E-state index contributed by atoms with van der Waals surface area (Å²) >= 11 is 0. The van der Waals surface area contributed by atoms with E-state index in [0.29, 0.717) is 19.0 Å². The van der Waals surface area contributed by atoms with Gasteiger partial charge in [0.05, 0.1) is 18.3 Å². The van der Waals surface area contributed by atoms with E-state index in [1.807, 2.05) is 6.92 Å². The Morgan fingerprint density at radius 2 is 2.11 bits per heavy atom. The molecule has 2 rings (SSSR count). The first kappa shape index (κ1) is 13.6. The Kier molecular flexibility index (Phi) is 4.53. The Balaban J connectivity index is 2.15. The van der Waals surface area contributed by atoms with Crippen LogP contribution < -0.4 is 5.32 Å². The monoisotopic (exact) mass is 265 g/mol. The molecule has 19 heavy (non-hydrogen) atoms. The summed E-state index contributed by atoms with van der Waals surface area (Å²) in [5, 5.41) is 14.8. The molecule has 7 heteroatoms. The van der Waals surface area contributed by atoms with Crippen LogP contribution in [-0.4, -0.2) is 40.5 Å². The smallest absolute Gasteiger partial charge is 0.173 e. The SMILES string of the molecule is COCCNC(C)c1nnnn1-c1ccc(F)cc1. The lowest BCUT2D eigenvalue weighted by Gasteiger charge is -2.13. The standard InChI is InChI=1S/C12H16FN5O/c1-9(14-7-8-19-2)12-15-16-17-18(12)11-5-3-10(13)4-6-11/h3-6,9,14H,7-8H2,1-2H3. The molecule has 0 saturated heterocycles. The zero-order chi connectivity index (χ0) is 13.7. The second-order valence-corrected chi connectivity index (χ2v) is 4.09. The lowest BCUT2D eigenvalue weighted by molar-refractivity contribution is 0.196. The number of benzene rings is 1. The molecule has 1 heterocycles. The molecule has 0 amide bonds. The van der Waals surface area contributed by atoms with E-state index in [1.54, 1.807) is 23.9 Å². The van der Waals surface area contributed by atoms with E-state index in [2.05, 4.69) is 20.8 Å². The highest BCUT2D eigenvalue weighted by atomic mass is 19.1. The van der Waals surface area contributed by atoms with Crippen molar-refractivity contribution >= 4 is 0 Å². The van der Waals surface area contributed by atoms with Gasteiger partial charge in [-0.2, -0.15) is 4.68 Å². The fourth-order valence-electron chi connectivity index (χ4n) is 1.70. The topological polar surface area (TPSA) is 64.9 Å². The maximum Gasteiger partial charge on any atom is 0.173 e. The van der Waals surface area contributed by atoms with E-state index in [4.69, 9.17) is 4.74 Å². The van der Waals surface area contributed by atoms with Gasteiger partial charge in [0.25, 0.3) is 0 Å². The van der Waals surface area contributed by atoms with E-state index in [-0.39, 0.29) is 11.9 Å². The number of nitrogens with zero attached hydrogens (tertiary/aromatic N) is 4. The molecular formula is C12H16FN5O. The summed E-state index contributed by atoms with van der Waals surface area (Å²) in [5.74, 6) is 0.382. The molecule has 0 fully saturated rings. The van der Waals surface area contributed by atoms with Crippen LogP contribution in [0.1, 0.15) is 18.8 Å². The van der Waals surface area contributed by atoms with Gasteiger partial charge in [-0.25, -0.2) is 4.39 Å². The Morgan fingerprint density at radius 3 is 2.79 bits per heavy atom. The number of nitrogens with one attached hydrogen (secondary N) is 1. The Bertz CT molecular complexity index is 513. The van der Waals surface area contributed by atoms with Crippen molar-refractivity contribution in [2.24, 2.45) is 0 Å². The first-order valence-corrected chi connectivity index (χ1v) is 5.99. The second-order valence-electron chi connectivity index (χ2n) is 4.09. The average Bonchev–Trinajstić information content (AvgIpc) is 2.89. The van der Waals surface area contributed by atoms with Crippen molar-refractivity contribution < 1.29 is 9.13 Å². The molecule has 0 aliphatic heterocycles. The van der Waals surface area contributed by atoms with Gasteiger partial charge in [-0.3, -0.25) is 0 Å². The predicted octanol–water partition coefficient (Wildman–Crippen LogP) is 1.10. The van der Waals surface area contributed by atoms with Crippen molar-refractivity contribution in [3.8, 4) is 5.69 Å². The number of rotatable bonds is 6. The average molecular weight is 265 g/mol. The minimum absolute atomic E-state index is 0.0322. The highest BCUT2D eigenvalue weighted by molar-refractivity contribution is 5.31. The lowest BCUT2D eigenvalue weighted by Crippen LogP contribution is -2.25. The molecule has 1 atom stereocenters. The van der Waals surface area contributed by atoms with Crippen molar-refractivity contribution in [1.82, 2.24) is 25.5 Å². The molecule has 1 aromatic heterocycles. The normalized spacial score (nSPS) is 12.6. The summed E-state index contributed by atoms with van der Waals surface area (Å²) in [6.45, 7) is 3.28. The van der Waals surface area contributed by atoms with Crippen molar-refractivity contribution in [2.45, 2.75) is 13.0 Å². The minimum Gasteiger partial charge on any atom is -0.383 e. The van der Waals surface area contributed by atoms with Crippen LogP contribution >= 0.6 is 0 Å². The van der Waals surface area contributed by atoms with Crippen LogP contribution in [0.5, 0.6) is 0 Å². The molecule has 102 valence electrons. The fourth-order valence-corrected chi connectivity index (χ4v) is 1.70. The van der Waals surface area contributed by atoms with Crippen LogP contribution in [0.4, 0.5) is 4.39 Å². The van der Waals surface area contributed by atoms with Crippen LogP contribution in [0.3, 0.4) is 0 Å². The largest absolute Gasteiger partial charge is 0.383 e. The zero-order valence-corrected chi connectivity index (χ0v) is 10.9. The predicted molar refractivity (Wildman–Crippen MR) is 67.4 cm³/mol. The quantitative estimate of drug-likeness (QED) is 0.792. The molecule has 0 bridgehead atoms. The second kappa shape index (κ2) is 6.35. The summed E-state index contributed by atoms with van der Waals surface area (Å²) in [5.41, 5.74) is 0.724. The first-order chi connectivity index (χ1) is 9.22. The number of hydrogen-bond acceptors (Lipinski definition) is 5. The highest BCUT2D eigenvalue weighted by Crippen LogP contribution is 2.14. The van der Waals surface area contributed by atoms with E-state index < -0.39 is 0 Å². The number of ether oxygens (including phenoxy) is 1. The highest BCUT2D eigenvalue weighted by Gasteiger charge is 2.15. The summed E-state index contributed by atoms with van der Waals surface area (Å²) in [7, 11) is 1.65. The van der Waals surface area contributed by atoms with E-state index in [0.717, 1.165) is 5.69 Å². The number of aromatic nitrogens is 4. The van der Waals surface area contributed by atoms with Crippen molar-refractivity contribution in [3.05, 3.63) is 35.9 Å². The summed E-state index contributed by atoms with van der Waals surface area (Å²) in [6.07, 6.45) is 0. The third-order valence-corrected chi connectivity index (χ3v) is 2.71. The Morgan fingerprint density at radius 1 is 1.37 bits per heavy atom. The first-order valence-electron chi connectivity index (χ1n) is 5.99. The molecule has 0 radical (unpaired) electrons. The molecule has 0 aliphatic rings. The van der Waals surface area contributed by atoms with Gasteiger partial charge in [-0.05, 0) is 41.6 Å². The number of tetrazole rings is 1. The number of methoxy groups -OCH3 is 1. The van der Waals surface area contributed by atoms with Gasteiger partial charge in [-0.1, -0.05) is 0 Å². The summed E-state index contributed by atoms with van der Waals surface area (Å²) in [6, 6.07) is 6.00. The molecule has 6 nitrogen and oxygen atoms in total. The fraction of sp³-hybridized carbons (Fsp3) is 0.417. The van der Waals surface area contributed by atoms with Gasteiger partial charge in [-0.15, -0.1) is 5.10 Å². The van der Waals surface area contributed by atoms with Gasteiger partial charge in [0.2, 0.25) is 0 Å². The molecule has 1 N–H and O–H groups in total. The molecule has 0 aliphatic carbocycles. The molecule has 1 aromatic carbocycles. The van der Waals surface area contributed by atoms with Crippen LogP contribution in [0.2, 0.25) is 0 Å². The van der Waals surface area contributed by atoms with Gasteiger partial charge in [0.1, 0.15) is 5.82 Å².